The third-order valence-electron chi connectivity index (χ3n) is 9.79. The lowest BCUT2D eigenvalue weighted by Gasteiger charge is -2.42. The molecular formula is C35H37ClF2N6O3S. The van der Waals surface area contributed by atoms with Gasteiger partial charge in [-0.05, 0) is 43.4 Å². The summed E-state index contributed by atoms with van der Waals surface area (Å²) in [5.41, 5.74) is 2.87. The van der Waals surface area contributed by atoms with Crippen LogP contribution in [0.25, 0.3) is 10.8 Å². The van der Waals surface area contributed by atoms with E-state index in [0.717, 1.165) is 40.1 Å². The second-order valence-corrected chi connectivity index (χ2v) is 15.0. The van der Waals surface area contributed by atoms with Gasteiger partial charge in [0.25, 0.3) is 5.92 Å². The number of hydrogen-bond acceptors (Lipinski definition) is 9. The number of aromatic nitrogens is 2. The maximum absolute atomic E-state index is 13.8. The number of fused-ring (bicyclic) bond motifs is 2. The van der Waals surface area contributed by atoms with Crippen LogP contribution in [-0.2, 0) is 22.5 Å². The van der Waals surface area contributed by atoms with Crippen molar-refractivity contribution < 1.29 is 23.0 Å². The Bertz CT molecular complexity index is 1790. The van der Waals surface area contributed by atoms with Crippen LogP contribution in [0.1, 0.15) is 43.9 Å². The minimum Gasteiger partial charge on any atom is -0.462 e. The Morgan fingerprint density at radius 3 is 2.77 bits per heavy atom. The van der Waals surface area contributed by atoms with Crippen LogP contribution >= 0.6 is 23.4 Å². The van der Waals surface area contributed by atoms with Gasteiger partial charge in [0.1, 0.15) is 17.4 Å². The second kappa shape index (κ2) is 13.0. The van der Waals surface area contributed by atoms with Gasteiger partial charge in [-0.3, -0.25) is 4.79 Å². The molecule has 2 saturated heterocycles. The number of carbonyl (C=O) groups excluding carboxylic acids is 1. The molecule has 7 rings (SSSR count). The van der Waals surface area contributed by atoms with Crippen molar-refractivity contribution >= 4 is 51.5 Å². The van der Waals surface area contributed by atoms with Crippen molar-refractivity contribution in [3.05, 3.63) is 65.3 Å². The van der Waals surface area contributed by atoms with Crippen LogP contribution < -0.4 is 14.5 Å². The number of benzene rings is 2. The smallest absolute Gasteiger partial charge is 0.318 e. The summed E-state index contributed by atoms with van der Waals surface area (Å²) >= 11 is 8.26. The molecule has 3 aliphatic heterocycles. The molecule has 0 spiro atoms. The summed E-state index contributed by atoms with van der Waals surface area (Å²) in [4.78, 5) is 27.9. The molecule has 0 bridgehead atoms. The number of halogens is 3. The molecule has 4 heterocycles. The molecule has 1 aliphatic carbocycles. The Balaban J connectivity index is 1.16. The van der Waals surface area contributed by atoms with E-state index in [9.17, 15) is 18.8 Å². The van der Waals surface area contributed by atoms with Crippen molar-refractivity contribution in [2.24, 2.45) is 0 Å². The standard InChI is InChI=1S/C35H37ClF2N6O3S/c1-3-30(45)44-17-16-43(19-23(44)11-14-39)32-25-12-15-42(28-9-5-7-22-6-4-8-26(36)31(22)28)20-27(25)40-33(41-32)46-21-29-34(2,48-29)47-24-10-13-35(37,38)18-24/h3-9,23-24,29H,1,10-13,15-21H2,2H3/t23-,24?,29?,34-/m0/s1. The maximum atomic E-state index is 13.8. The molecule has 4 atom stereocenters. The van der Waals surface area contributed by atoms with E-state index >= 15 is 0 Å². The van der Waals surface area contributed by atoms with Crippen molar-refractivity contribution in [2.45, 2.75) is 73.8 Å². The number of alkyl halides is 2. The SMILES string of the molecule is C=CC(=O)N1CCN(c2nc(OCC3S[C@]3(C)OC3CCC(F)(F)C3)nc3c2CCN(c2cccc4cccc(Cl)c24)C3)C[C@@H]1CC#N. The van der Waals surface area contributed by atoms with Gasteiger partial charge in [-0.15, -0.1) is 11.8 Å². The van der Waals surface area contributed by atoms with Crippen molar-refractivity contribution in [2.75, 3.05) is 42.6 Å². The van der Waals surface area contributed by atoms with Gasteiger partial charge < -0.3 is 24.2 Å². The molecule has 0 radical (unpaired) electrons. The molecule has 1 aromatic heterocycles. The summed E-state index contributed by atoms with van der Waals surface area (Å²) in [5, 5.41) is 12.2. The van der Waals surface area contributed by atoms with E-state index in [-0.39, 0.29) is 49.1 Å². The van der Waals surface area contributed by atoms with E-state index in [0.29, 0.717) is 44.0 Å². The van der Waals surface area contributed by atoms with Crippen LogP contribution in [-0.4, -0.2) is 81.8 Å². The highest BCUT2D eigenvalue weighted by Crippen LogP contribution is 2.56. The molecule has 0 N–H and O–H groups in total. The van der Waals surface area contributed by atoms with Gasteiger partial charge in [0.05, 0.1) is 47.1 Å². The fourth-order valence-electron chi connectivity index (χ4n) is 7.22. The van der Waals surface area contributed by atoms with Crippen LogP contribution in [0, 0.1) is 11.3 Å². The van der Waals surface area contributed by atoms with Gasteiger partial charge in [-0.1, -0.05) is 42.4 Å². The Morgan fingerprint density at radius 1 is 1.21 bits per heavy atom. The van der Waals surface area contributed by atoms with Crippen molar-refractivity contribution in [3.8, 4) is 12.1 Å². The van der Waals surface area contributed by atoms with Gasteiger partial charge in [0.15, 0.2) is 0 Å². The minimum atomic E-state index is -2.66. The van der Waals surface area contributed by atoms with Crippen LogP contribution in [0.2, 0.25) is 5.02 Å². The highest BCUT2D eigenvalue weighted by atomic mass is 35.5. The first-order chi connectivity index (χ1) is 23.1. The summed E-state index contributed by atoms with van der Waals surface area (Å²) in [5.74, 6) is -2.11. The molecule has 1 saturated carbocycles. The van der Waals surface area contributed by atoms with E-state index in [4.69, 9.17) is 31.0 Å². The maximum Gasteiger partial charge on any atom is 0.318 e. The monoisotopic (exact) mass is 694 g/mol. The zero-order valence-corrected chi connectivity index (χ0v) is 28.3. The molecule has 3 fully saturated rings. The molecule has 1 amide bonds. The normalized spacial score (nSPS) is 26.2. The number of ether oxygens (including phenoxy) is 2. The Hall–Kier alpha value is -3.66. The molecule has 2 unspecified atom stereocenters. The van der Waals surface area contributed by atoms with E-state index in [1.165, 1.54) is 6.08 Å². The number of nitriles is 1. The van der Waals surface area contributed by atoms with Gasteiger partial charge in [0.2, 0.25) is 5.91 Å². The second-order valence-electron chi connectivity index (χ2n) is 13.0. The number of piperazine rings is 1. The summed E-state index contributed by atoms with van der Waals surface area (Å²) in [6, 6.07) is 14.2. The Labute approximate surface area is 287 Å². The summed E-state index contributed by atoms with van der Waals surface area (Å²) in [6.45, 7) is 8.46. The van der Waals surface area contributed by atoms with Crippen LogP contribution in [0.15, 0.2) is 49.1 Å². The first-order valence-corrected chi connectivity index (χ1v) is 17.6. The number of amides is 1. The summed E-state index contributed by atoms with van der Waals surface area (Å²) in [7, 11) is 0. The van der Waals surface area contributed by atoms with Crippen LogP contribution in [0.5, 0.6) is 6.01 Å². The number of anilines is 2. The lowest BCUT2D eigenvalue weighted by Crippen LogP contribution is -2.55. The molecule has 252 valence electrons. The quantitative estimate of drug-likeness (QED) is 0.187. The number of rotatable bonds is 9. The van der Waals surface area contributed by atoms with E-state index < -0.39 is 17.0 Å². The molecule has 4 aliphatic rings. The predicted molar refractivity (Wildman–Crippen MR) is 183 cm³/mol. The van der Waals surface area contributed by atoms with Gasteiger partial charge in [-0.2, -0.15) is 15.2 Å². The predicted octanol–water partition coefficient (Wildman–Crippen LogP) is 6.38. The molecule has 2 aromatic carbocycles. The number of carbonyl (C=O) groups is 1. The first kappa shape index (κ1) is 32.9. The van der Waals surface area contributed by atoms with Gasteiger partial charge in [-0.25, -0.2) is 8.78 Å². The van der Waals surface area contributed by atoms with Gasteiger partial charge >= 0.3 is 6.01 Å². The first-order valence-electron chi connectivity index (χ1n) is 16.3. The number of hydrogen-bond donors (Lipinski definition) is 0. The lowest BCUT2D eigenvalue weighted by atomic mass is 10.0. The average molecular weight is 695 g/mol. The Kier molecular flexibility index (Phi) is 8.89. The van der Waals surface area contributed by atoms with Crippen molar-refractivity contribution in [3.63, 3.8) is 0 Å². The summed E-state index contributed by atoms with van der Waals surface area (Å²) < 4.78 is 39.9. The van der Waals surface area contributed by atoms with E-state index in [2.05, 4.69) is 40.6 Å². The fourth-order valence-corrected chi connectivity index (χ4v) is 8.45. The zero-order valence-electron chi connectivity index (χ0n) is 26.7. The average Bonchev–Trinajstić information content (AvgIpc) is 3.59. The molecule has 3 aromatic rings. The Morgan fingerprint density at radius 2 is 2.02 bits per heavy atom. The molecule has 48 heavy (non-hydrogen) atoms. The highest BCUT2D eigenvalue weighted by Gasteiger charge is 2.56. The highest BCUT2D eigenvalue weighted by molar-refractivity contribution is 8.08. The molecule has 13 heteroatoms. The van der Waals surface area contributed by atoms with Crippen LogP contribution in [0.4, 0.5) is 20.3 Å². The van der Waals surface area contributed by atoms with E-state index in [1.807, 2.05) is 25.1 Å². The number of nitrogens with zero attached hydrogens (tertiary/aromatic N) is 6. The zero-order chi connectivity index (χ0) is 33.6. The van der Waals surface area contributed by atoms with Crippen LogP contribution in [0.3, 0.4) is 0 Å². The van der Waals surface area contributed by atoms with Crippen molar-refractivity contribution in [1.29, 1.82) is 5.26 Å². The lowest BCUT2D eigenvalue weighted by molar-refractivity contribution is -0.128. The molecule has 9 nitrogen and oxygen atoms in total. The minimum absolute atomic E-state index is 0.0439. The fraction of sp³-hybridized carbons (Fsp3) is 0.486. The topological polar surface area (TPSA) is 94.8 Å². The van der Waals surface area contributed by atoms with Crippen molar-refractivity contribution in [1.82, 2.24) is 14.9 Å². The van der Waals surface area contributed by atoms with Gasteiger partial charge in [0, 0.05) is 55.7 Å². The summed E-state index contributed by atoms with van der Waals surface area (Å²) in [6.07, 6.45) is 1.66. The largest absolute Gasteiger partial charge is 0.462 e. The molecular weight excluding hydrogens is 658 g/mol. The third-order valence-corrected chi connectivity index (χ3v) is 11.6. The van der Waals surface area contributed by atoms with E-state index in [1.54, 1.807) is 16.7 Å². The third kappa shape index (κ3) is 6.52. The number of thioether (sulfide) groups is 1.